The zero-order valence-electron chi connectivity index (χ0n) is 12.0. The summed E-state index contributed by atoms with van der Waals surface area (Å²) < 4.78 is 14.0. The molecule has 19 heavy (non-hydrogen) atoms. The minimum atomic E-state index is -0.274. The molecule has 0 radical (unpaired) electrons. The van der Waals surface area contributed by atoms with E-state index in [9.17, 15) is 4.39 Å². The highest BCUT2D eigenvalue weighted by molar-refractivity contribution is 5.55. The molecule has 0 amide bonds. The molecule has 1 aliphatic rings. The van der Waals surface area contributed by atoms with Crippen LogP contribution in [0.4, 0.5) is 10.1 Å². The van der Waals surface area contributed by atoms with Crippen LogP contribution in [0, 0.1) is 5.82 Å². The maximum atomic E-state index is 14.0. The minimum absolute atomic E-state index is 0.187. The average Bonchev–Trinajstić information content (AvgIpc) is 2.66. The van der Waals surface area contributed by atoms with Gasteiger partial charge in [0.1, 0.15) is 5.82 Å². The van der Waals surface area contributed by atoms with Crippen LogP contribution in [-0.2, 0) is 0 Å². The Labute approximate surface area is 115 Å². The second-order valence-corrected chi connectivity index (χ2v) is 5.72. The van der Waals surface area contributed by atoms with E-state index in [1.807, 2.05) is 13.0 Å². The summed E-state index contributed by atoms with van der Waals surface area (Å²) in [6.45, 7) is 1.85. The van der Waals surface area contributed by atoms with Crippen molar-refractivity contribution in [3.05, 3.63) is 29.6 Å². The molecule has 1 aromatic rings. The van der Waals surface area contributed by atoms with Gasteiger partial charge in [0, 0.05) is 30.4 Å². The van der Waals surface area contributed by atoms with Crippen molar-refractivity contribution >= 4 is 5.69 Å². The molecule has 2 N–H and O–H groups in total. The Morgan fingerprint density at radius 3 is 2.42 bits per heavy atom. The standard InChI is InChI=1S/C16H25FN2/c1-12(18)16-14(17)10-7-11-15(16)19(2)13-8-5-3-4-6-9-13/h7,10-13H,3-6,8-9,18H2,1-2H3. The van der Waals surface area contributed by atoms with Crippen molar-refractivity contribution in [3.8, 4) is 0 Å². The van der Waals surface area contributed by atoms with Crippen LogP contribution in [-0.4, -0.2) is 13.1 Å². The molecule has 1 atom stereocenters. The lowest BCUT2D eigenvalue weighted by molar-refractivity contribution is 0.543. The van der Waals surface area contributed by atoms with Gasteiger partial charge in [-0.2, -0.15) is 0 Å². The Hall–Kier alpha value is -1.09. The molecule has 0 aliphatic heterocycles. The monoisotopic (exact) mass is 264 g/mol. The summed E-state index contributed by atoms with van der Waals surface area (Å²) in [5.74, 6) is -0.187. The van der Waals surface area contributed by atoms with Gasteiger partial charge in [-0.25, -0.2) is 4.39 Å². The predicted molar refractivity (Wildman–Crippen MR) is 78.9 cm³/mol. The van der Waals surface area contributed by atoms with E-state index < -0.39 is 0 Å². The third kappa shape index (κ3) is 3.27. The van der Waals surface area contributed by atoms with Crippen LogP contribution < -0.4 is 10.6 Å². The molecule has 106 valence electrons. The Balaban J connectivity index is 2.27. The summed E-state index contributed by atoms with van der Waals surface area (Å²) in [6, 6.07) is 5.52. The van der Waals surface area contributed by atoms with Crippen molar-refractivity contribution in [1.29, 1.82) is 0 Å². The van der Waals surface area contributed by atoms with Gasteiger partial charge in [0.15, 0.2) is 0 Å². The smallest absolute Gasteiger partial charge is 0.130 e. The van der Waals surface area contributed by atoms with Crippen LogP contribution in [0.15, 0.2) is 18.2 Å². The van der Waals surface area contributed by atoms with E-state index in [2.05, 4.69) is 11.9 Å². The van der Waals surface area contributed by atoms with Crippen molar-refractivity contribution < 1.29 is 4.39 Å². The molecule has 3 heteroatoms. The highest BCUT2D eigenvalue weighted by Gasteiger charge is 2.22. The van der Waals surface area contributed by atoms with Crippen molar-refractivity contribution in [1.82, 2.24) is 0 Å². The van der Waals surface area contributed by atoms with Gasteiger partial charge in [0.2, 0.25) is 0 Å². The van der Waals surface area contributed by atoms with Gasteiger partial charge >= 0.3 is 0 Å². The molecule has 2 nitrogen and oxygen atoms in total. The molecule has 2 rings (SSSR count). The van der Waals surface area contributed by atoms with E-state index >= 15 is 0 Å². The number of hydrogen-bond donors (Lipinski definition) is 1. The van der Waals surface area contributed by atoms with Crippen LogP contribution in [0.25, 0.3) is 0 Å². The molecule has 1 unspecified atom stereocenters. The molecular weight excluding hydrogens is 239 g/mol. The van der Waals surface area contributed by atoms with Gasteiger partial charge in [-0.05, 0) is 31.9 Å². The third-order valence-electron chi connectivity index (χ3n) is 4.24. The first kappa shape index (κ1) is 14.3. The van der Waals surface area contributed by atoms with Crippen LogP contribution in [0.1, 0.15) is 57.1 Å². The maximum absolute atomic E-state index is 14.0. The number of nitrogens with zero attached hydrogens (tertiary/aromatic N) is 1. The van der Waals surface area contributed by atoms with Crippen molar-refractivity contribution in [2.45, 2.75) is 57.5 Å². The van der Waals surface area contributed by atoms with Crippen LogP contribution in [0.3, 0.4) is 0 Å². The Kier molecular flexibility index (Phi) is 4.81. The minimum Gasteiger partial charge on any atom is -0.371 e. The molecular formula is C16H25FN2. The fourth-order valence-electron chi connectivity index (χ4n) is 3.13. The first-order valence-electron chi connectivity index (χ1n) is 7.38. The lowest BCUT2D eigenvalue weighted by atomic mass is 10.0. The highest BCUT2D eigenvalue weighted by Crippen LogP contribution is 2.31. The van der Waals surface area contributed by atoms with E-state index in [4.69, 9.17) is 5.73 Å². The molecule has 0 spiro atoms. The molecule has 1 aromatic carbocycles. The summed E-state index contributed by atoms with van der Waals surface area (Å²) in [5, 5.41) is 0. The third-order valence-corrected chi connectivity index (χ3v) is 4.24. The molecule has 0 aromatic heterocycles. The summed E-state index contributed by atoms with van der Waals surface area (Å²) in [4.78, 5) is 2.24. The fourth-order valence-corrected chi connectivity index (χ4v) is 3.13. The normalized spacial score (nSPS) is 18.9. The van der Waals surface area contributed by atoms with Crippen LogP contribution >= 0.6 is 0 Å². The van der Waals surface area contributed by atoms with Crippen molar-refractivity contribution in [3.63, 3.8) is 0 Å². The molecule has 1 aliphatic carbocycles. The van der Waals surface area contributed by atoms with Gasteiger partial charge < -0.3 is 10.6 Å². The first-order valence-corrected chi connectivity index (χ1v) is 7.38. The zero-order chi connectivity index (χ0) is 13.8. The van der Waals surface area contributed by atoms with Gasteiger partial charge in [-0.1, -0.05) is 31.7 Å². The number of halogens is 1. The molecule has 1 saturated carbocycles. The van der Waals surface area contributed by atoms with E-state index in [1.165, 1.54) is 44.6 Å². The first-order chi connectivity index (χ1) is 9.11. The van der Waals surface area contributed by atoms with Crippen LogP contribution in [0.5, 0.6) is 0 Å². The van der Waals surface area contributed by atoms with Gasteiger partial charge in [0.05, 0.1) is 0 Å². The lowest BCUT2D eigenvalue weighted by Crippen LogP contribution is -2.32. The summed E-state index contributed by atoms with van der Waals surface area (Å²) in [6.07, 6.45) is 7.60. The maximum Gasteiger partial charge on any atom is 0.130 e. The second-order valence-electron chi connectivity index (χ2n) is 5.72. The van der Waals surface area contributed by atoms with Crippen molar-refractivity contribution in [2.75, 3.05) is 11.9 Å². The van der Waals surface area contributed by atoms with E-state index in [0.717, 1.165) is 5.69 Å². The SMILES string of the molecule is CC(N)c1c(F)cccc1N(C)C1CCCCCC1. The Morgan fingerprint density at radius 2 is 1.84 bits per heavy atom. The van der Waals surface area contributed by atoms with Gasteiger partial charge in [-0.15, -0.1) is 0 Å². The van der Waals surface area contributed by atoms with E-state index in [0.29, 0.717) is 11.6 Å². The summed E-state index contributed by atoms with van der Waals surface area (Å²) in [7, 11) is 2.08. The number of hydrogen-bond acceptors (Lipinski definition) is 2. The topological polar surface area (TPSA) is 29.3 Å². The molecule has 0 heterocycles. The van der Waals surface area contributed by atoms with Gasteiger partial charge in [-0.3, -0.25) is 0 Å². The quantitative estimate of drug-likeness (QED) is 0.836. The van der Waals surface area contributed by atoms with E-state index in [-0.39, 0.29) is 11.9 Å². The number of nitrogens with two attached hydrogens (primary N) is 1. The fraction of sp³-hybridized carbons (Fsp3) is 0.625. The van der Waals surface area contributed by atoms with Crippen molar-refractivity contribution in [2.24, 2.45) is 5.73 Å². The Bertz CT molecular complexity index is 409. The zero-order valence-corrected chi connectivity index (χ0v) is 12.0. The molecule has 0 bridgehead atoms. The van der Waals surface area contributed by atoms with Gasteiger partial charge in [0.25, 0.3) is 0 Å². The van der Waals surface area contributed by atoms with Crippen LogP contribution in [0.2, 0.25) is 0 Å². The number of rotatable bonds is 3. The predicted octanol–water partition coefficient (Wildman–Crippen LogP) is 4.00. The second kappa shape index (κ2) is 6.38. The molecule has 0 saturated heterocycles. The summed E-state index contributed by atoms with van der Waals surface area (Å²) >= 11 is 0. The Morgan fingerprint density at radius 1 is 1.21 bits per heavy atom. The largest absolute Gasteiger partial charge is 0.371 e. The average molecular weight is 264 g/mol. The number of anilines is 1. The van der Waals surface area contributed by atoms with E-state index in [1.54, 1.807) is 6.07 Å². The highest BCUT2D eigenvalue weighted by atomic mass is 19.1. The lowest BCUT2D eigenvalue weighted by Gasteiger charge is -2.32. The molecule has 1 fully saturated rings. The number of benzene rings is 1. The summed E-state index contributed by atoms with van der Waals surface area (Å²) in [5.41, 5.74) is 7.55.